The van der Waals surface area contributed by atoms with E-state index < -0.39 is 23.6 Å². The summed E-state index contributed by atoms with van der Waals surface area (Å²) >= 11 is 7.40. The van der Waals surface area contributed by atoms with Crippen molar-refractivity contribution in [1.82, 2.24) is 10.2 Å². The summed E-state index contributed by atoms with van der Waals surface area (Å²) in [7, 11) is 0. The molecule has 6 nitrogen and oxygen atoms in total. The third-order valence-electron chi connectivity index (χ3n) is 4.56. The zero-order valence-electron chi connectivity index (χ0n) is 15.7. The normalized spacial score (nSPS) is 16.1. The highest BCUT2D eigenvalue weighted by atomic mass is 35.5. The summed E-state index contributed by atoms with van der Waals surface area (Å²) in [4.78, 5) is 27.7. The molecule has 1 atom stereocenters. The summed E-state index contributed by atoms with van der Waals surface area (Å²) in [6.45, 7) is 2.69. The summed E-state index contributed by atoms with van der Waals surface area (Å²) < 4.78 is 44.0. The van der Waals surface area contributed by atoms with Gasteiger partial charge in [0.25, 0.3) is 0 Å². The van der Waals surface area contributed by atoms with Gasteiger partial charge in [-0.3, -0.25) is 14.5 Å². The van der Waals surface area contributed by atoms with Crippen LogP contribution in [-0.2, 0) is 20.5 Å². The Morgan fingerprint density at radius 3 is 2.57 bits per heavy atom. The second-order valence-corrected chi connectivity index (χ2v) is 7.92. The van der Waals surface area contributed by atoms with Gasteiger partial charge < -0.3 is 15.4 Å². The molecule has 2 heterocycles. The van der Waals surface area contributed by atoms with E-state index in [1.807, 2.05) is 17.5 Å². The van der Waals surface area contributed by atoms with Crippen molar-refractivity contribution < 1.29 is 27.5 Å². The van der Waals surface area contributed by atoms with E-state index in [4.69, 9.17) is 16.3 Å². The molecule has 1 aromatic heterocycles. The number of halogens is 4. The zero-order valence-corrected chi connectivity index (χ0v) is 17.2. The number of amides is 2. The molecular weight excluding hydrogens is 443 g/mol. The van der Waals surface area contributed by atoms with Crippen LogP contribution in [0.15, 0.2) is 35.7 Å². The van der Waals surface area contributed by atoms with Gasteiger partial charge in [-0.15, -0.1) is 11.3 Å². The third kappa shape index (κ3) is 5.72. The van der Waals surface area contributed by atoms with E-state index in [0.29, 0.717) is 32.4 Å². The molecule has 2 aromatic rings. The maximum atomic E-state index is 12.9. The molecule has 11 heteroatoms. The first-order valence-corrected chi connectivity index (χ1v) is 10.3. The summed E-state index contributed by atoms with van der Waals surface area (Å²) in [6.07, 6.45) is -4.60. The van der Waals surface area contributed by atoms with Crippen LogP contribution in [0.1, 0.15) is 16.5 Å². The van der Waals surface area contributed by atoms with Gasteiger partial charge in [0.15, 0.2) is 0 Å². The first-order valence-electron chi connectivity index (χ1n) is 9.07. The van der Waals surface area contributed by atoms with Gasteiger partial charge in [0, 0.05) is 24.5 Å². The fourth-order valence-electron chi connectivity index (χ4n) is 3.03. The number of anilines is 1. The summed E-state index contributed by atoms with van der Waals surface area (Å²) in [5.41, 5.74) is -1.26. The molecular formula is C19H19ClF3N3O3S. The quantitative estimate of drug-likeness (QED) is 0.668. The second kappa shape index (κ2) is 9.78. The van der Waals surface area contributed by atoms with Gasteiger partial charge in [-0.1, -0.05) is 17.7 Å². The Bertz CT molecular complexity index is 887. The van der Waals surface area contributed by atoms with Crippen molar-refractivity contribution in [3.05, 3.63) is 51.2 Å². The van der Waals surface area contributed by atoms with E-state index >= 15 is 0 Å². The minimum absolute atomic E-state index is 0.103. The highest BCUT2D eigenvalue weighted by Gasteiger charge is 2.31. The number of morpholine rings is 1. The Kier molecular flexibility index (Phi) is 7.35. The van der Waals surface area contributed by atoms with Crippen LogP contribution < -0.4 is 10.6 Å². The molecule has 30 heavy (non-hydrogen) atoms. The first kappa shape index (κ1) is 22.5. The van der Waals surface area contributed by atoms with Crippen molar-refractivity contribution in [1.29, 1.82) is 0 Å². The highest BCUT2D eigenvalue weighted by Crippen LogP contribution is 2.33. The fourth-order valence-corrected chi connectivity index (χ4v) is 4.05. The van der Waals surface area contributed by atoms with Crippen LogP contribution in [0.4, 0.5) is 18.9 Å². The molecule has 1 saturated heterocycles. The highest BCUT2D eigenvalue weighted by molar-refractivity contribution is 7.10. The van der Waals surface area contributed by atoms with Crippen LogP contribution in [0.5, 0.6) is 0 Å². The molecule has 2 amide bonds. The number of hydrogen-bond donors (Lipinski definition) is 2. The molecule has 0 saturated carbocycles. The SMILES string of the molecule is O=C(NCC(c1cccs1)N1CCOCC1)C(=O)Nc1cc(C(F)(F)F)ccc1Cl. The average Bonchev–Trinajstić information content (AvgIpc) is 3.24. The van der Waals surface area contributed by atoms with E-state index in [0.717, 1.165) is 17.0 Å². The molecule has 3 rings (SSSR count). The number of thiophene rings is 1. The van der Waals surface area contributed by atoms with Crippen LogP contribution in [0.3, 0.4) is 0 Å². The van der Waals surface area contributed by atoms with Crippen molar-refractivity contribution in [2.45, 2.75) is 12.2 Å². The van der Waals surface area contributed by atoms with Crippen LogP contribution >= 0.6 is 22.9 Å². The standard InChI is InChI=1S/C19H19ClF3N3O3S/c20-13-4-3-12(19(21,22)23)10-14(13)25-18(28)17(27)24-11-15(16-2-1-9-30-16)26-5-7-29-8-6-26/h1-4,9-10,15H,5-8,11H2,(H,24,27)(H,25,28). The van der Waals surface area contributed by atoms with Gasteiger partial charge in [0.1, 0.15) is 0 Å². The van der Waals surface area contributed by atoms with Gasteiger partial charge in [0.2, 0.25) is 0 Å². The predicted molar refractivity (Wildman–Crippen MR) is 108 cm³/mol. The minimum atomic E-state index is -4.60. The summed E-state index contributed by atoms with van der Waals surface area (Å²) in [5.74, 6) is -2.05. The van der Waals surface area contributed by atoms with Crippen molar-refractivity contribution in [3.63, 3.8) is 0 Å². The molecule has 1 aromatic carbocycles. The number of nitrogens with zero attached hydrogens (tertiary/aromatic N) is 1. The van der Waals surface area contributed by atoms with Crippen LogP contribution in [0.25, 0.3) is 0 Å². The van der Waals surface area contributed by atoms with Crippen LogP contribution in [0.2, 0.25) is 5.02 Å². The second-order valence-electron chi connectivity index (χ2n) is 6.54. The Hall–Kier alpha value is -2.14. The summed E-state index contributed by atoms with van der Waals surface area (Å²) in [6, 6.07) is 6.21. The number of ether oxygens (including phenoxy) is 1. The monoisotopic (exact) mass is 461 g/mol. The molecule has 1 fully saturated rings. The van der Waals surface area contributed by atoms with Crippen molar-refractivity contribution in [2.75, 3.05) is 38.2 Å². The lowest BCUT2D eigenvalue weighted by atomic mass is 10.2. The fraction of sp³-hybridized carbons (Fsp3) is 0.368. The number of rotatable bonds is 5. The molecule has 1 aliphatic rings. The van der Waals surface area contributed by atoms with Crippen LogP contribution in [-0.4, -0.2) is 49.6 Å². The lowest BCUT2D eigenvalue weighted by Crippen LogP contribution is -2.45. The van der Waals surface area contributed by atoms with E-state index in [1.54, 1.807) is 0 Å². The van der Waals surface area contributed by atoms with Crippen molar-refractivity contribution in [3.8, 4) is 0 Å². The molecule has 0 spiro atoms. The Morgan fingerprint density at radius 1 is 1.20 bits per heavy atom. The smallest absolute Gasteiger partial charge is 0.379 e. The molecule has 0 radical (unpaired) electrons. The average molecular weight is 462 g/mol. The van der Waals surface area contributed by atoms with Gasteiger partial charge in [-0.2, -0.15) is 13.2 Å². The lowest BCUT2D eigenvalue weighted by molar-refractivity contribution is -0.137. The molecule has 162 valence electrons. The Morgan fingerprint density at radius 2 is 1.93 bits per heavy atom. The number of carbonyl (C=O) groups excluding carboxylic acids is 2. The number of nitrogens with one attached hydrogen (secondary N) is 2. The zero-order chi connectivity index (χ0) is 21.7. The van der Waals surface area contributed by atoms with E-state index in [-0.39, 0.29) is 23.3 Å². The molecule has 0 aliphatic carbocycles. The first-order chi connectivity index (χ1) is 14.3. The largest absolute Gasteiger partial charge is 0.416 e. The molecule has 1 unspecified atom stereocenters. The number of carbonyl (C=O) groups is 2. The van der Waals surface area contributed by atoms with Gasteiger partial charge >= 0.3 is 18.0 Å². The van der Waals surface area contributed by atoms with Crippen molar-refractivity contribution >= 4 is 40.4 Å². The van der Waals surface area contributed by atoms with Gasteiger partial charge in [-0.25, -0.2) is 0 Å². The van der Waals surface area contributed by atoms with Gasteiger partial charge in [0.05, 0.1) is 35.5 Å². The summed E-state index contributed by atoms with van der Waals surface area (Å²) in [5, 5.41) is 6.53. The van der Waals surface area contributed by atoms with Crippen molar-refractivity contribution in [2.24, 2.45) is 0 Å². The third-order valence-corrected chi connectivity index (χ3v) is 5.87. The molecule has 0 bridgehead atoms. The minimum Gasteiger partial charge on any atom is -0.379 e. The van der Waals surface area contributed by atoms with Gasteiger partial charge in [-0.05, 0) is 29.6 Å². The predicted octanol–water partition coefficient (Wildman–Crippen LogP) is 3.55. The molecule has 1 aliphatic heterocycles. The number of alkyl halides is 3. The van der Waals surface area contributed by atoms with E-state index in [1.165, 1.54) is 11.3 Å². The van der Waals surface area contributed by atoms with E-state index in [2.05, 4.69) is 15.5 Å². The topological polar surface area (TPSA) is 70.7 Å². The van der Waals surface area contributed by atoms with E-state index in [9.17, 15) is 22.8 Å². The Labute approximate surface area is 180 Å². The lowest BCUT2D eigenvalue weighted by Gasteiger charge is -2.34. The molecule has 2 N–H and O–H groups in total. The Balaban J connectivity index is 1.64. The van der Waals surface area contributed by atoms with Crippen LogP contribution in [0, 0.1) is 0 Å². The number of benzene rings is 1. The maximum absolute atomic E-state index is 12.9. The number of hydrogen-bond acceptors (Lipinski definition) is 5. The maximum Gasteiger partial charge on any atom is 0.416 e.